The van der Waals surface area contributed by atoms with E-state index in [4.69, 9.17) is 4.74 Å². The molecule has 0 aromatic carbocycles. The lowest BCUT2D eigenvalue weighted by Gasteiger charge is -2.25. The molecular formula is C11H22O2. The number of unbranched alkanes of at least 4 members (excludes halogenated alkanes) is 2. The van der Waals surface area contributed by atoms with Crippen molar-refractivity contribution in [3.05, 3.63) is 0 Å². The molecule has 1 saturated heterocycles. The standard InChI is InChI=1S/C11H22O2/c1-2-3-4-6-11(12)7-5-9-13-10-8-11/h12H,2-10H2,1H3. The summed E-state index contributed by atoms with van der Waals surface area (Å²) < 4.78 is 5.34. The van der Waals surface area contributed by atoms with Crippen molar-refractivity contribution in [3.63, 3.8) is 0 Å². The monoisotopic (exact) mass is 186 g/mol. The Balaban J connectivity index is 2.25. The molecule has 0 amide bonds. The Hall–Kier alpha value is -0.0800. The van der Waals surface area contributed by atoms with Crippen LogP contribution >= 0.6 is 0 Å². The third-order valence-corrected chi connectivity index (χ3v) is 2.89. The van der Waals surface area contributed by atoms with Crippen molar-refractivity contribution in [2.45, 2.75) is 57.5 Å². The molecule has 1 N–H and O–H groups in total. The first-order valence-electron chi connectivity index (χ1n) is 5.57. The minimum Gasteiger partial charge on any atom is -0.390 e. The smallest absolute Gasteiger partial charge is 0.0670 e. The summed E-state index contributed by atoms with van der Waals surface area (Å²) in [6.07, 6.45) is 7.36. The lowest BCUT2D eigenvalue weighted by molar-refractivity contribution is 0.00855. The normalized spacial score (nSPS) is 30.0. The van der Waals surface area contributed by atoms with Crippen LogP contribution in [0.4, 0.5) is 0 Å². The fraction of sp³-hybridized carbons (Fsp3) is 1.00. The molecule has 1 aliphatic heterocycles. The molecule has 1 aliphatic rings. The van der Waals surface area contributed by atoms with E-state index in [1.54, 1.807) is 0 Å². The molecule has 0 bridgehead atoms. The Bertz CT molecular complexity index is 126. The van der Waals surface area contributed by atoms with Crippen LogP contribution in [-0.4, -0.2) is 23.9 Å². The predicted molar refractivity (Wildman–Crippen MR) is 53.8 cm³/mol. The van der Waals surface area contributed by atoms with Crippen LogP contribution in [-0.2, 0) is 4.74 Å². The Morgan fingerprint density at radius 2 is 2.08 bits per heavy atom. The lowest BCUT2D eigenvalue weighted by Crippen LogP contribution is -2.28. The molecule has 2 heteroatoms. The van der Waals surface area contributed by atoms with Gasteiger partial charge in [-0.3, -0.25) is 0 Å². The van der Waals surface area contributed by atoms with Gasteiger partial charge in [-0.25, -0.2) is 0 Å². The molecule has 0 aliphatic carbocycles. The van der Waals surface area contributed by atoms with E-state index in [2.05, 4.69) is 6.92 Å². The Morgan fingerprint density at radius 3 is 2.85 bits per heavy atom. The van der Waals surface area contributed by atoms with Gasteiger partial charge in [-0.1, -0.05) is 26.2 Å². The molecule has 1 heterocycles. The summed E-state index contributed by atoms with van der Waals surface area (Å²) in [6.45, 7) is 3.76. The van der Waals surface area contributed by atoms with Gasteiger partial charge in [0, 0.05) is 13.2 Å². The maximum absolute atomic E-state index is 10.2. The molecular weight excluding hydrogens is 164 g/mol. The highest BCUT2D eigenvalue weighted by Gasteiger charge is 2.27. The summed E-state index contributed by atoms with van der Waals surface area (Å²) in [4.78, 5) is 0. The summed E-state index contributed by atoms with van der Waals surface area (Å²) in [5.41, 5.74) is -0.411. The Labute approximate surface area is 81.3 Å². The van der Waals surface area contributed by atoms with E-state index >= 15 is 0 Å². The molecule has 0 spiro atoms. The third kappa shape index (κ3) is 4.10. The molecule has 1 unspecified atom stereocenters. The van der Waals surface area contributed by atoms with E-state index in [1.807, 2.05) is 0 Å². The van der Waals surface area contributed by atoms with Gasteiger partial charge in [0.05, 0.1) is 5.60 Å². The highest BCUT2D eigenvalue weighted by atomic mass is 16.5. The van der Waals surface area contributed by atoms with E-state index in [-0.39, 0.29) is 0 Å². The van der Waals surface area contributed by atoms with Gasteiger partial charge in [-0.2, -0.15) is 0 Å². The zero-order chi connectivity index (χ0) is 9.57. The molecule has 0 aromatic rings. The number of hydrogen-bond donors (Lipinski definition) is 1. The minimum absolute atomic E-state index is 0.411. The summed E-state index contributed by atoms with van der Waals surface area (Å²) in [5, 5.41) is 10.2. The minimum atomic E-state index is -0.411. The molecule has 0 aromatic heterocycles. The maximum Gasteiger partial charge on any atom is 0.0670 e. The first kappa shape index (κ1) is 11.0. The fourth-order valence-corrected chi connectivity index (χ4v) is 1.95. The van der Waals surface area contributed by atoms with Crippen LogP contribution in [0.3, 0.4) is 0 Å². The third-order valence-electron chi connectivity index (χ3n) is 2.89. The largest absolute Gasteiger partial charge is 0.390 e. The average Bonchev–Trinajstić information content (AvgIpc) is 2.31. The Kier molecular flexibility index (Phi) is 4.74. The quantitative estimate of drug-likeness (QED) is 0.683. The summed E-state index contributed by atoms with van der Waals surface area (Å²) in [6, 6.07) is 0. The van der Waals surface area contributed by atoms with Gasteiger partial charge in [0.2, 0.25) is 0 Å². The second-order valence-electron chi connectivity index (χ2n) is 4.15. The molecule has 1 atom stereocenters. The van der Waals surface area contributed by atoms with Gasteiger partial charge in [0.25, 0.3) is 0 Å². The van der Waals surface area contributed by atoms with Crippen molar-refractivity contribution in [2.75, 3.05) is 13.2 Å². The van der Waals surface area contributed by atoms with Crippen molar-refractivity contribution >= 4 is 0 Å². The van der Waals surface area contributed by atoms with Crippen LogP contribution in [0.1, 0.15) is 51.9 Å². The fourth-order valence-electron chi connectivity index (χ4n) is 1.95. The van der Waals surface area contributed by atoms with Gasteiger partial charge < -0.3 is 9.84 Å². The number of rotatable bonds is 4. The van der Waals surface area contributed by atoms with Crippen molar-refractivity contribution in [1.82, 2.24) is 0 Å². The summed E-state index contributed by atoms with van der Waals surface area (Å²) in [7, 11) is 0. The van der Waals surface area contributed by atoms with Crippen LogP contribution in [0.5, 0.6) is 0 Å². The zero-order valence-corrected chi connectivity index (χ0v) is 8.72. The van der Waals surface area contributed by atoms with Crippen molar-refractivity contribution in [3.8, 4) is 0 Å². The van der Waals surface area contributed by atoms with Gasteiger partial charge in [0.15, 0.2) is 0 Å². The summed E-state index contributed by atoms with van der Waals surface area (Å²) in [5.74, 6) is 0. The van der Waals surface area contributed by atoms with E-state index < -0.39 is 5.60 Å². The number of hydrogen-bond acceptors (Lipinski definition) is 2. The van der Waals surface area contributed by atoms with E-state index in [0.29, 0.717) is 0 Å². The van der Waals surface area contributed by atoms with E-state index in [1.165, 1.54) is 12.8 Å². The molecule has 2 nitrogen and oxygen atoms in total. The molecule has 0 radical (unpaired) electrons. The average molecular weight is 186 g/mol. The molecule has 1 rings (SSSR count). The molecule has 1 fully saturated rings. The van der Waals surface area contributed by atoms with Gasteiger partial charge >= 0.3 is 0 Å². The SMILES string of the molecule is CCCCCC1(O)CCCOCC1. The van der Waals surface area contributed by atoms with E-state index in [9.17, 15) is 5.11 Å². The van der Waals surface area contributed by atoms with Crippen LogP contribution in [0, 0.1) is 0 Å². The van der Waals surface area contributed by atoms with Crippen LogP contribution in [0.2, 0.25) is 0 Å². The van der Waals surface area contributed by atoms with E-state index in [0.717, 1.165) is 45.3 Å². The van der Waals surface area contributed by atoms with Crippen LogP contribution < -0.4 is 0 Å². The second-order valence-corrected chi connectivity index (χ2v) is 4.15. The number of aliphatic hydroxyl groups is 1. The first-order chi connectivity index (χ1) is 6.27. The van der Waals surface area contributed by atoms with Gasteiger partial charge in [0.1, 0.15) is 0 Å². The van der Waals surface area contributed by atoms with Crippen LogP contribution in [0.25, 0.3) is 0 Å². The van der Waals surface area contributed by atoms with Crippen molar-refractivity contribution in [1.29, 1.82) is 0 Å². The van der Waals surface area contributed by atoms with Crippen molar-refractivity contribution in [2.24, 2.45) is 0 Å². The first-order valence-corrected chi connectivity index (χ1v) is 5.57. The maximum atomic E-state index is 10.2. The highest BCUT2D eigenvalue weighted by molar-refractivity contribution is 4.79. The zero-order valence-electron chi connectivity index (χ0n) is 8.72. The van der Waals surface area contributed by atoms with Crippen LogP contribution in [0.15, 0.2) is 0 Å². The molecule has 0 saturated carbocycles. The summed E-state index contributed by atoms with van der Waals surface area (Å²) >= 11 is 0. The molecule has 78 valence electrons. The van der Waals surface area contributed by atoms with Gasteiger partial charge in [-0.15, -0.1) is 0 Å². The topological polar surface area (TPSA) is 29.5 Å². The predicted octanol–water partition coefficient (Wildman–Crippen LogP) is 2.50. The number of ether oxygens (including phenoxy) is 1. The lowest BCUT2D eigenvalue weighted by atomic mass is 9.89. The molecule has 13 heavy (non-hydrogen) atoms. The van der Waals surface area contributed by atoms with Crippen molar-refractivity contribution < 1.29 is 9.84 Å². The highest BCUT2D eigenvalue weighted by Crippen LogP contribution is 2.26. The van der Waals surface area contributed by atoms with Gasteiger partial charge in [-0.05, 0) is 25.7 Å². The second kappa shape index (κ2) is 5.61. The Morgan fingerprint density at radius 1 is 1.23 bits per heavy atom.